The number of amides is 2. The maximum absolute atomic E-state index is 13.8. The van der Waals surface area contributed by atoms with Crippen LogP contribution < -0.4 is 15.0 Å². The maximum atomic E-state index is 13.8. The summed E-state index contributed by atoms with van der Waals surface area (Å²) >= 11 is 2.88. The average molecular weight is 550 g/mol. The molecule has 1 N–H and O–H groups in total. The van der Waals surface area contributed by atoms with Crippen LogP contribution >= 0.6 is 23.5 Å². The summed E-state index contributed by atoms with van der Waals surface area (Å²) < 4.78 is 10.9. The number of benzene rings is 2. The number of hydrogen-bond donors (Lipinski definition) is 1. The van der Waals surface area contributed by atoms with Crippen molar-refractivity contribution < 1.29 is 18.7 Å². The number of likely N-dealkylation sites (N-methyl/N-ethyl adjacent to an activating group) is 1. The second kappa shape index (κ2) is 11.0. The molecule has 11 heteroatoms. The van der Waals surface area contributed by atoms with Crippen molar-refractivity contribution in [2.24, 2.45) is 4.99 Å². The van der Waals surface area contributed by atoms with Crippen LogP contribution in [0.3, 0.4) is 0 Å². The molecule has 3 aromatic rings. The summed E-state index contributed by atoms with van der Waals surface area (Å²) in [6, 6.07) is 16.8. The number of aliphatic imine (C=N–C) groups is 1. The lowest BCUT2D eigenvalue weighted by Crippen LogP contribution is -2.29. The Labute approximate surface area is 229 Å². The number of nitrogens with one attached hydrogen (secondary N) is 1. The molecule has 0 unspecified atom stereocenters. The zero-order chi connectivity index (χ0) is 26.8. The minimum absolute atomic E-state index is 0.117. The standard InChI is InChI=1S/C27H27N5O4S2/c1-30(2)16-23(33)28-17-7-5-8-18(13-17)29-27-32(15-20-9-6-12-36-20)25(34)24(38-27)26-31(3)21-14-19(35-4)10-11-22(21)37-26/h5-14H,15-16H2,1-4H3,(H,28,33)/b26-24-,29-27?. The summed E-state index contributed by atoms with van der Waals surface area (Å²) in [5.74, 6) is 1.15. The fraction of sp³-hybridized carbons (Fsp3) is 0.222. The van der Waals surface area contributed by atoms with Gasteiger partial charge >= 0.3 is 0 Å². The zero-order valence-corrected chi connectivity index (χ0v) is 23.1. The van der Waals surface area contributed by atoms with Gasteiger partial charge in [0.05, 0.1) is 42.9 Å². The highest BCUT2D eigenvalue weighted by Gasteiger charge is 2.39. The van der Waals surface area contributed by atoms with Gasteiger partial charge in [0, 0.05) is 23.7 Å². The third kappa shape index (κ3) is 5.45. The van der Waals surface area contributed by atoms with Crippen molar-refractivity contribution in [1.29, 1.82) is 0 Å². The van der Waals surface area contributed by atoms with E-state index in [1.807, 2.05) is 68.5 Å². The van der Waals surface area contributed by atoms with Gasteiger partial charge in [-0.2, -0.15) is 0 Å². The van der Waals surface area contributed by atoms with E-state index in [1.54, 1.807) is 47.1 Å². The molecule has 0 saturated carbocycles. The Bertz CT molecular complexity index is 1430. The summed E-state index contributed by atoms with van der Waals surface area (Å²) in [4.78, 5) is 37.9. The van der Waals surface area contributed by atoms with Crippen LogP contribution in [0, 0.1) is 0 Å². The molecular formula is C27H27N5O4S2. The molecule has 3 heterocycles. The number of carbonyl (C=O) groups is 2. The minimum Gasteiger partial charge on any atom is -0.497 e. The second-order valence-corrected chi connectivity index (χ2v) is 10.9. The molecule has 2 aliphatic rings. The fourth-order valence-corrected chi connectivity index (χ4v) is 6.34. The first-order valence-corrected chi connectivity index (χ1v) is 13.4. The third-order valence-corrected chi connectivity index (χ3v) is 8.24. The van der Waals surface area contributed by atoms with Gasteiger partial charge < -0.3 is 24.3 Å². The van der Waals surface area contributed by atoms with Crippen LogP contribution in [0.25, 0.3) is 0 Å². The maximum Gasteiger partial charge on any atom is 0.269 e. The van der Waals surface area contributed by atoms with Gasteiger partial charge in [-0.3, -0.25) is 14.5 Å². The van der Waals surface area contributed by atoms with Crippen molar-refractivity contribution in [2.75, 3.05) is 45.0 Å². The molecule has 0 spiro atoms. The molecule has 2 amide bonds. The topological polar surface area (TPSA) is 90.6 Å². The van der Waals surface area contributed by atoms with Gasteiger partial charge in [-0.05, 0) is 68.3 Å². The van der Waals surface area contributed by atoms with E-state index in [1.165, 1.54) is 11.8 Å². The van der Waals surface area contributed by atoms with E-state index in [-0.39, 0.29) is 24.9 Å². The van der Waals surface area contributed by atoms with E-state index in [2.05, 4.69) is 5.32 Å². The van der Waals surface area contributed by atoms with E-state index in [0.29, 0.717) is 27.2 Å². The summed E-state index contributed by atoms with van der Waals surface area (Å²) in [5.41, 5.74) is 2.24. The lowest BCUT2D eigenvalue weighted by molar-refractivity contribution is -0.123. The summed E-state index contributed by atoms with van der Waals surface area (Å²) in [5, 5.41) is 4.26. The number of amidine groups is 1. The molecule has 2 aliphatic heterocycles. The first kappa shape index (κ1) is 26.0. The van der Waals surface area contributed by atoms with Crippen LogP contribution in [0.2, 0.25) is 0 Å². The van der Waals surface area contributed by atoms with Gasteiger partial charge in [0.15, 0.2) is 5.17 Å². The van der Waals surface area contributed by atoms with Crippen LogP contribution in [0.15, 0.2) is 85.1 Å². The average Bonchev–Trinajstić information content (AvgIpc) is 3.59. The number of anilines is 2. The van der Waals surface area contributed by atoms with Gasteiger partial charge in [-0.25, -0.2) is 4.99 Å². The van der Waals surface area contributed by atoms with Crippen molar-refractivity contribution in [3.8, 4) is 5.75 Å². The van der Waals surface area contributed by atoms with Gasteiger partial charge in [-0.1, -0.05) is 17.8 Å². The summed E-state index contributed by atoms with van der Waals surface area (Å²) in [7, 11) is 7.26. The van der Waals surface area contributed by atoms with E-state index >= 15 is 0 Å². The fourth-order valence-electron chi connectivity index (χ4n) is 4.02. The molecule has 9 nitrogen and oxygen atoms in total. The molecule has 5 rings (SSSR count). The highest BCUT2D eigenvalue weighted by atomic mass is 32.2. The zero-order valence-electron chi connectivity index (χ0n) is 21.4. The number of carbonyl (C=O) groups excluding carboxylic acids is 2. The minimum atomic E-state index is -0.144. The third-order valence-electron chi connectivity index (χ3n) is 5.81. The SMILES string of the molecule is COc1ccc2c(c1)N(C)/C(=C1/SC(=Nc3cccc(NC(=O)CN(C)C)c3)N(Cc3ccco3)C1=O)S2. The predicted octanol–water partition coefficient (Wildman–Crippen LogP) is 4.96. The summed E-state index contributed by atoms with van der Waals surface area (Å²) in [6.45, 7) is 0.527. The number of furan rings is 1. The Morgan fingerprint density at radius 3 is 2.71 bits per heavy atom. The highest BCUT2D eigenvalue weighted by Crippen LogP contribution is 2.51. The molecule has 0 bridgehead atoms. The van der Waals surface area contributed by atoms with Crippen molar-refractivity contribution in [2.45, 2.75) is 11.4 Å². The van der Waals surface area contributed by atoms with E-state index in [9.17, 15) is 9.59 Å². The number of hydrogen-bond acceptors (Lipinski definition) is 9. The van der Waals surface area contributed by atoms with E-state index in [4.69, 9.17) is 14.1 Å². The van der Waals surface area contributed by atoms with E-state index in [0.717, 1.165) is 21.4 Å². The molecule has 2 aromatic carbocycles. The molecule has 0 radical (unpaired) electrons. The molecular weight excluding hydrogens is 522 g/mol. The molecule has 1 fully saturated rings. The number of ether oxygens (including phenoxy) is 1. The van der Waals surface area contributed by atoms with Gasteiger partial charge in [0.2, 0.25) is 5.91 Å². The van der Waals surface area contributed by atoms with E-state index < -0.39 is 0 Å². The number of rotatable bonds is 7. The molecule has 0 aliphatic carbocycles. The Morgan fingerprint density at radius 2 is 1.97 bits per heavy atom. The Balaban J connectivity index is 1.48. The number of methoxy groups -OCH3 is 1. The van der Waals surface area contributed by atoms with Gasteiger partial charge in [-0.15, -0.1) is 0 Å². The van der Waals surface area contributed by atoms with Crippen molar-refractivity contribution in [3.63, 3.8) is 0 Å². The molecule has 1 saturated heterocycles. The smallest absolute Gasteiger partial charge is 0.269 e. The van der Waals surface area contributed by atoms with Crippen LogP contribution in [0.5, 0.6) is 5.75 Å². The Morgan fingerprint density at radius 1 is 1.13 bits per heavy atom. The van der Waals surface area contributed by atoms with Crippen molar-refractivity contribution in [1.82, 2.24) is 9.80 Å². The summed E-state index contributed by atoms with van der Waals surface area (Å²) in [6.07, 6.45) is 1.59. The van der Waals surface area contributed by atoms with Crippen molar-refractivity contribution in [3.05, 3.63) is 76.6 Å². The monoisotopic (exact) mass is 549 g/mol. The highest BCUT2D eigenvalue weighted by molar-refractivity contribution is 8.19. The molecule has 38 heavy (non-hydrogen) atoms. The lowest BCUT2D eigenvalue weighted by Gasteiger charge is -2.16. The predicted molar refractivity (Wildman–Crippen MR) is 152 cm³/mol. The van der Waals surface area contributed by atoms with Gasteiger partial charge in [0.25, 0.3) is 5.91 Å². The normalized spacial score (nSPS) is 18.0. The molecule has 1 aromatic heterocycles. The van der Waals surface area contributed by atoms with Crippen LogP contribution in [0.1, 0.15) is 5.76 Å². The second-order valence-electron chi connectivity index (χ2n) is 8.93. The Kier molecular flexibility index (Phi) is 7.50. The number of fused-ring (bicyclic) bond motifs is 1. The largest absolute Gasteiger partial charge is 0.497 e. The van der Waals surface area contributed by atoms with Gasteiger partial charge in [0.1, 0.15) is 16.4 Å². The quantitative estimate of drug-likeness (QED) is 0.414. The number of nitrogens with zero attached hydrogens (tertiary/aromatic N) is 4. The van der Waals surface area contributed by atoms with Crippen LogP contribution in [0.4, 0.5) is 17.1 Å². The van der Waals surface area contributed by atoms with Crippen LogP contribution in [-0.4, -0.2) is 61.6 Å². The molecule has 0 atom stereocenters. The molecule has 196 valence electrons. The first-order valence-electron chi connectivity index (χ1n) is 11.8. The number of thioether (sulfide) groups is 2. The first-order chi connectivity index (χ1) is 18.3. The van der Waals surface area contributed by atoms with Crippen molar-refractivity contribution >= 4 is 57.6 Å². The Hall–Kier alpha value is -3.67. The lowest BCUT2D eigenvalue weighted by atomic mass is 10.3. The van der Waals surface area contributed by atoms with Crippen LogP contribution in [-0.2, 0) is 16.1 Å².